The van der Waals surface area contributed by atoms with Crippen molar-refractivity contribution in [2.24, 2.45) is 0 Å². The van der Waals surface area contributed by atoms with Gasteiger partial charge in [-0.15, -0.1) is 0 Å². The van der Waals surface area contributed by atoms with Crippen LogP contribution >= 0.6 is 11.5 Å². The minimum Gasteiger partial charge on any atom is -0.367 e. The fourth-order valence-corrected chi connectivity index (χ4v) is 1.95. The van der Waals surface area contributed by atoms with Gasteiger partial charge in [-0.1, -0.05) is 0 Å². The first kappa shape index (κ1) is 8.30. The zero-order valence-corrected chi connectivity index (χ0v) is 8.35. The lowest BCUT2D eigenvalue weighted by Crippen LogP contribution is -1.87. The van der Waals surface area contributed by atoms with Crippen LogP contribution in [-0.4, -0.2) is 24.0 Å². The average molecular weight is 218 g/mol. The summed E-state index contributed by atoms with van der Waals surface area (Å²) in [6, 6.07) is 0. The first-order valence-electron chi connectivity index (χ1n) is 4.21. The fourth-order valence-electron chi connectivity index (χ4n) is 1.34. The molecule has 0 radical (unpaired) electrons. The molecule has 0 aliphatic rings. The van der Waals surface area contributed by atoms with Crippen molar-refractivity contribution in [3.8, 4) is 10.6 Å². The minimum absolute atomic E-state index is 0.290. The number of anilines is 1. The van der Waals surface area contributed by atoms with Gasteiger partial charge in [0.05, 0.1) is 23.5 Å². The third-order valence-corrected chi connectivity index (χ3v) is 2.76. The molecule has 15 heavy (non-hydrogen) atoms. The SMILES string of the molecule is Nc1nsc(-c2cnn3ccncc23)n1. The van der Waals surface area contributed by atoms with Gasteiger partial charge in [0.15, 0.2) is 0 Å². The Bertz CT molecular complexity index is 612. The lowest BCUT2D eigenvalue weighted by Gasteiger charge is -1.91. The lowest BCUT2D eigenvalue weighted by molar-refractivity contribution is 0.946. The summed E-state index contributed by atoms with van der Waals surface area (Å²) in [5.74, 6) is 0.290. The van der Waals surface area contributed by atoms with E-state index >= 15 is 0 Å². The Morgan fingerprint density at radius 2 is 2.27 bits per heavy atom. The summed E-state index contributed by atoms with van der Waals surface area (Å²) in [7, 11) is 0. The van der Waals surface area contributed by atoms with Crippen molar-refractivity contribution in [2.45, 2.75) is 0 Å². The highest BCUT2D eigenvalue weighted by atomic mass is 32.1. The van der Waals surface area contributed by atoms with Crippen LogP contribution in [-0.2, 0) is 0 Å². The summed E-state index contributed by atoms with van der Waals surface area (Å²) >= 11 is 1.25. The maximum Gasteiger partial charge on any atom is 0.232 e. The molecule has 3 heterocycles. The van der Waals surface area contributed by atoms with Crippen LogP contribution in [0.2, 0.25) is 0 Å². The summed E-state index contributed by atoms with van der Waals surface area (Å²) in [5.41, 5.74) is 7.27. The molecule has 0 aliphatic carbocycles. The Labute approximate surface area is 88.6 Å². The van der Waals surface area contributed by atoms with Gasteiger partial charge in [0.1, 0.15) is 5.01 Å². The highest BCUT2D eigenvalue weighted by Crippen LogP contribution is 2.25. The van der Waals surface area contributed by atoms with Crippen LogP contribution < -0.4 is 5.73 Å². The van der Waals surface area contributed by atoms with Gasteiger partial charge in [0, 0.05) is 12.4 Å². The highest BCUT2D eigenvalue weighted by Gasteiger charge is 2.10. The second-order valence-corrected chi connectivity index (χ2v) is 3.67. The Morgan fingerprint density at radius 1 is 1.33 bits per heavy atom. The topological polar surface area (TPSA) is 82.0 Å². The Kier molecular flexibility index (Phi) is 1.65. The van der Waals surface area contributed by atoms with Crippen molar-refractivity contribution in [3.63, 3.8) is 0 Å². The van der Waals surface area contributed by atoms with Gasteiger partial charge in [-0.05, 0) is 11.5 Å². The van der Waals surface area contributed by atoms with Crippen LogP contribution in [0.1, 0.15) is 0 Å². The van der Waals surface area contributed by atoms with Crippen LogP contribution in [0.15, 0.2) is 24.8 Å². The van der Waals surface area contributed by atoms with Gasteiger partial charge in [-0.2, -0.15) is 14.5 Å². The molecule has 7 heteroatoms. The number of nitrogens with zero attached hydrogens (tertiary/aromatic N) is 5. The zero-order chi connectivity index (χ0) is 10.3. The molecule has 3 aromatic heterocycles. The maximum absolute atomic E-state index is 5.47. The largest absolute Gasteiger partial charge is 0.367 e. The van der Waals surface area contributed by atoms with Gasteiger partial charge in [-0.25, -0.2) is 4.52 Å². The van der Waals surface area contributed by atoms with E-state index in [-0.39, 0.29) is 0 Å². The predicted octanol–water partition coefficient (Wildman–Crippen LogP) is 0.830. The second kappa shape index (κ2) is 2.99. The van der Waals surface area contributed by atoms with Crippen molar-refractivity contribution < 1.29 is 0 Å². The molecule has 0 amide bonds. The number of nitrogen functional groups attached to an aromatic ring is 1. The molecule has 0 spiro atoms. The number of nitrogens with two attached hydrogens (primary N) is 1. The van der Waals surface area contributed by atoms with Crippen LogP contribution in [0, 0.1) is 0 Å². The standard InChI is InChI=1S/C8H6N6S/c9-8-12-7(15-13-8)5-3-11-14-2-1-10-4-6(5)14/h1-4H,(H2,9,13). The summed E-state index contributed by atoms with van der Waals surface area (Å²) in [4.78, 5) is 8.15. The van der Waals surface area contributed by atoms with Crippen molar-refractivity contribution in [2.75, 3.05) is 5.73 Å². The number of hydrogen-bond donors (Lipinski definition) is 1. The van der Waals surface area contributed by atoms with Crippen LogP contribution in [0.4, 0.5) is 5.95 Å². The molecule has 6 nitrogen and oxygen atoms in total. The van der Waals surface area contributed by atoms with E-state index in [2.05, 4.69) is 19.4 Å². The van der Waals surface area contributed by atoms with Gasteiger partial charge in [0.2, 0.25) is 5.95 Å². The molecule has 3 rings (SSSR count). The molecule has 0 bridgehead atoms. The number of fused-ring (bicyclic) bond motifs is 1. The predicted molar refractivity (Wildman–Crippen MR) is 56.3 cm³/mol. The van der Waals surface area contributed by atoms with Gasteiger partial charge in [0.25, 0.3) is 0 Å². The summed E-state index contributed by atoms with van der Waals surface area (Å²) in [6.45, 7) is 0. The Morgan fingerprint density at radius 3 is 3.07 bits per heavy atom. The van der Waals surface area contributed by atoms with E-state index in [0.717, 1.165) is 16.1 Å². The molecule has 0 aromatic carbocycles. The van der Waals surface area contributed by atoms with Crippen LogP contribution in [0.3, 0.4) is 0 Å². The highest BCUT2D eigenvalue weighted by molar-refractivity contribution is 7.09. The molecule has 0 aliphatic heterocycles. The fraction of sp³-hybridized carbons (Fsp3) is 0. The molecule has 0 atom stereocenters. The molecule has 74 valence electrons. The minimum atomic E-state index is 0.290. The Hall–Kier alpha value is -2.02. The van der Waals surface area contributed by atoms with E-state index in [0.29, 0.717) is 5.95 Å². The van der Waals surface area contributed by atoms with Gasteiger partial charge in [-0.3, -0.25) is 4.98 Å². The molecule has 2 N–H and O–H groups in total. The lowest BCUT2D eigenvalue weighted by atomic mass is 10.3. The van der Waals surface area contributed by atoms with E-state index < -0.39 is 0 Å². The normalized spacial score (nSPS) is 10.9. The summed E-state index contributed by atoms with van der Waals surface area (Å²) in [6.07, 6.45) is 6.93. The van der Waals surface area contributed by atoms with Crippen molar-refractivity contribution >= 4 is 23.0 Å². The first-order chi connectivity index (χ1) is 7.34. The smallest absolute Gasteiger partial charge is 0.232 e. The molecule has 0 unspecified atom stereocenters. The Balaban J connectivity index is 2.27. The molecule has 0 saturated carbocycles. The number of hydrogen-bond acceptors (Lipinski definition) is 6. The van der Waals surface area contributed by atoms with Crippen LogP contribution in [0.25, 0.3) is 16.1 Å². The number of rotatable bonds is 1. The quantitative estimate of drug-likeness (QED) is 0.654. The van der Waals surface area contributed by atoms with Gasteiger partial charge >= 0.3 is 0 Å². The van der Waals surface area contributed by atoms with Gasteiger partial charge < -0.3 is 5.73 Å². The van der Waals surface area contributed by atoms with E-state index in [1.54, 1.807) is 29.3 Å². The van der Waals surface area contributed by atoms with E-state index in [1.807, 2.05) is 0 Å². The monoisotopic (exact) mass is 218 g/mol. The summed E-state index contributed by atoms with van der Waals surface area (Å²) < 4.78 is 5.67. The maximum atomic E-state index is 5.47. The van der Waals surface area contributed by atoms with E-state index in [1.165, 1.54) is 11.5 Å². The van der Waals surface area contributed by atoms with E-state index in [4.69, 9.17) is 5.73 Å². The molecular weight excluding hydrogens is 212 g/mol. The number of aromatic nitrogens is 5. The van der Waals surface area contributed by atoms with Crippen molar-refractivity contribution in [3.05, 3.63) is 24.8 Å². The third kappa shape index (κ3) is 1.24. The van der Waals surface area contributed by atoms with Crippen molar-refractivity contribution in [1.82, 2.24) is 24.0 Å². The zero-order valence-electron chi connectivity index (χ0n) is 7.53. The van der Waals surface area contributed by atoms with E-state index in [9.17, 15) is 0 Å². The molecule has 3 aromatic rings. The third-order valence-electron chi connectivity index (χ3n) is 2.00. The first-order valence-corrected chi connectivity index (χ1v) is 4.99. The molecular formula is C8H6N6S. The van der Waals surface area contributed by atoms with Crippen molar-refractivity contribution in [1.29, 1.82) is 0 Å². The average Bonchev–Trinajstić information content (AvgIpc) is 2.83. The van der Waals surface area contributed by atoms with Crippen LogP contribution in [0.5, 0.6) is 0 Å². The molecule has 0 saturated heterocycles. The molecule has 0 fully saturated rings. The summed E-state index contributed by atoms with van der Waals surface area (Å²) in [5, 5.41) is 4.94. The second-order valence-electron chi connectivity index (χ2n) is 2.92.